The Bertz CT molecular complexity index is 703. The highest BCUT2D eigenvalue weighted by molar-refractivity contribution is 5.93. The topological polar surface area (TPSA) is 91.4 Å². The van der Waals surface area contributed by atoms with E-state index in [4.69, 9.17) is 9.84 Å². The molecule has 3 N–H and O–H groups in total. The molecule has 6 heteroatoms. The first kappa shape index (κ1) is 15.9. The third kappa shape index (κ3) is 3.21. The molecule has 2 rings (SSSR count). The first-order chi connectivity index (χ1) is 10.3. The predicted molar refractivity (Wildman–Crippen MR) is 83.0 cm³/mol. The van der Waals surface area contributed by atoms with E-state index in [2.05, 4.69) is 10.3 Å². The van der Waals surface area contributed by atoms with E-state index in [0.29, 0.717) is 5.75 Å². The number of ether oxygens (including phenoxy) is 1. The summed E-state index contributed by atoms with van der Waals surface area (Å²) in [5.41, 5.74) is 0.721. The van der Waals surface area contributed by atoms with Gasteiger partial charge in [0.25, 0.3) is 0 Å². The molecule has 1 heterocycles. The Morgan fingerprint density at radius 2 is 2.09 bits per heavy atom. The second-order valence-corrected chi connectivity index (χ2v) is 5.84. The standard InChI is InChI=1S/C16H20N2O4/c1-16(2,15(20)21)9-18-13(19)7-10-8-17-11-5-4-6-12(22-3)14(10)11/h4-6,8,17H,7,9H2,1-3H3,(H,18,19)(H,20,21). The van der Waals surface area contributed by atoms with Gasteiger partial charge in [-0.25, -0.2) is 0 Å². The van der Waals surface area contributed by atoms with Gasteiger partial charge in [0.1, 0.15) is 5.75 Å². The summed E-state index contributed by atoms with van der Waals surface area (Å²) in [7, 11) is 1.58. The van der Waals surface area contributed by atoms with Gasteiger partial charge in [-0.3, -0.25) is 9.59 Å². The van der Waals surface area contributed by atoms with Crippen molar-refractivity contribution in [3.8, 4) is 5.75 Å². The van der Waals surface area contributed by atoms with Crippen molar-refractivity contribution in [3.63, 3.8) is 0 Å². The molecule has 0 fully saturated rings. The number of benzene rings is 1. The lowest BCUT2D eigenvalue weighted by molar-refractivity contribution is -0.146. The molecule has 0 atom stereocenters. The fourth-order valence-electron chi connectivity index (χ4n) is 2.16. The molecule has 0 saturated heterocycles. The van der Waals surface area contributed by atoms with Crippen LogP contribution < -0.4 is 10.1 Å². The number of nitrogens with one attached hydrogen (secondary N) is 2. The van der Waals surface area contributed by atoms with Crippen LogP contribution in [0.25, 0.3) is 10.9 Å². The Morgan fingerprint density at radius 1 is 1.36 bits per heavy atom. The van der Waals surface area contributed by atoms with Crippen molar-refractivity contribution in [1.82, 2.24) is 10.3 Å². The van der Waals surface area contributed by atoms with E-state index < -0.39 is 11.4 Å². The maximum Gasteiger partial charge on any atom is 0.310 e. The smallest absolute Gasteiger partial charge is 0.310 e. The molecule has 1 aromatic heterocycles. The monoisotopic (exact) mass is 304 g/mol. The normalized spacial score (nSPS) is 11.4. The average Bonchev–Trinajstić information content (AvgIpc) is 2.88. The van der Waals surface area contributed by atoms with Gasteiger partial charge in [-0.15, -0.1) is 0 Å². The third-order valence-electron chi connectivity index (χ3n) is 3.63. The number of H-pyrrole nitrogens is 1. The zero-order valence-electron chi connectivity index (χ0n) is 12.9. The molecule has 0 aliphatic carbocycles. The first-order valence-corrected chi connectivity index (χ1v) is 6.98. The number of aromatic amines is 1. The van der Waals surface area contributed by atoms with E-state index in [1.807, 2.05) is 18.2 Å². The average molecular weight is 304 g/mol. The van der Waals surface area contributed by atoms with E-state index >= 15 is 0 Å². The number of aromatic nitrogens is 1. The van der Waals surface area contributed by atoms with Gasteiger partial charge in [0.05, 0.1) is 18.9 Å². The summed E-state index contributed by atoms with van der Waals surface area (Å²) < 4.78 is 5.32. The fraction of sp³-hybridized carbons (Fsp3) is 0.375. The van der Waals surface area contributed by atoms with Gasteiger partial charge in [-0.1, -0.05) is 6.07 Å². The number of rotatable bonds is 6. The molecule has 0 spiro atoms. The third-order valence-corrected chi connectivity index (χ3v) is 3.63. The summed E-state index contributed by atoms with van der Waals surface area (Å²) in [6.07, 6.45) is 1.94. The van der Waals surface area contributed by atoms with Crippen molar-refractivity contribution < 1.29 is 19.4 Å². The molecule has 0 aliphatic rings. The Morgan fingerprint density at radius 3 is 2.73 bits per heavy atom. The molecule has 118 valence electrons. The number of carboxylic acids is 1. The van der Waals surface area contributed by atoms with Crippen molar-refractivity contribution >= 4 is 22.8 Å². The van der Waals surface area contributed by atoms with Crippen molar-refractivity contribution in [2.45, 2.75) is 20.3 Å². The second-order valence-electron chi connectivity index (χ2n) is 5.84. The number of aliphatic carboxylic acids is 1. The molecule has 0 saturated carbocycles. The number of methoxy groups -OCH3 is 1. The minimum atomic E-state index is -0.992. The maximum absolute atomic E-state index is 12.1. The number of fused-ring (bicyclic) bond motifs is 1. The van der Waals surface area contributed by atoms with Gasteiger partial charge in [0.2, 0.25) is 5.91 Å². The van der Waals surface area contributed by atoms with E-state index in [1.165, 1.54) is 0 Å². The maximum atomic E-state index is 12.1. The lowest BCUT2D eigenvalue weighted by Crippen LogP contribution is -2.39. The summed E-state index contributed by atoms with van der Waals surface area (Å²) >= 11 is 0. The molecule has 0 radical (unpaired) electrons. The van der Waals surface area contributed by atoms with Crippen LogP contribution in [0, 0.1) is 5.41 Å². The molecule has 22 heavy (non-hydrogen) atoms. The van der Waals surface area contributed by atoms with Gasteiger partial charge >= 0.3 is 5.97 Å². The molecule has 0 bridgehead atoms. The number of hydrogen-bond donors (Lipinski definition) is 3. The molecular formula is C16H20N2O4. The van der Waals surface area contributed by atoms with Crippen molar-refractivity contribution in [3.05, 3.63) is 30.0 Å². The number of carbonyl (C=O) groups is 2. The van der Waals surface area contributed by atoms with E-state index in [0.717, 1.165) is 16.5 Å². The SMILES string of the molecule is COc1cccc2[nH]cc(CC(=O)NCC(C)(C)C(=O)O)c12. The quantitative estimate of drug-likeness (QED) is 0.760. The number of carboxylic acid groups (broad SMARTS) is 1. The highest BCUT2D eigenvalue weighted by atomic mass is 16.5. The van der Waals surface area contributed by atoms with Crippen LogP contribution in [0.2, 0.25) is 0 Å². The van der Waals surface area contributed by atoms with Crippen molar-refractivity contribution in [1.29, 1.82) is 0 Å². The minimum Gasteiger partial charge on any atom is -0.496 e. The van der Waals surface area contributed by atoms with Crippen LogP contribution in [0.4, 0.5) is 0 Å². The highest BCUT2D eigenvalue weighted by Crippen LogP contribution is 2.28. The summed E-state index contributed by atoms with van der Waals surface area (Å²) in [5.74, 6) is -0.463. The highest BCUT2D eigenvalue weighted by Gasteiger charge is 2.27. The number of carbonyl (C=O) groups excluding carboxylic acids is 1. The zero-order chi connectivity index (χ0) is 16.3. The summed E-state index contributed by atoms with van der Waals surface area (Å²) in [6.45, 7) is 3.23. The van der Waals surface area contributed by atoms with Crippen LogP contribution in [0.1, 0.15) is 19.4 Å². The number of amides is 1. The largest absolute Gasteiger partial charge is 0.496 e. The molecule has 1 aromatic carbocycles. The fourth-order valence-corrected chi connectivity index (χ4v) is 2.16. The molecule has 2 aromatic rings. The van der Waals surface area contributed by atoms with Crippen LogP contribution in [0.15, 0.2) is 24.4 Å². The van der Waals surface area contributed by atoms with Gasteiger partial charge < -0.3 is 20.1 Å². The lowest BCUT2D eigenvalue weighted by atomic mass is 9.94. The minimum absolute atomic E-state index is 0.0840. The second kappa shape index (κ2) is 6.09. The van der Waals surface area contributed by atoms with E-state index in [1.54, 1.807) is 27.2 Å². The Kier molecular flexibility index (Phi) is 4.40. The van der Waals surface area contributed by atoms with E-state index in [-0.39, 0.29) is 18.9 Å². The molecule has 6 nitrogen and oxygen atoms in total. The first-order valence-electron chi connectivity index (χ1n) is 6.98. The zero-order valence-corrected chi connectivity index (χ0v) is 12.9. The van der Waals surface area contributed by atoms with Crippen molar-refractivity contribution in [2.75, 3.05) is 13.7 Å². The lowest BCUT2D eigenvalue weighted by Gasteiger charge is -2.19. The van der Waals surface area contributed by atoms with Gasteiger partial charge in [-0.2, -0.15) is 0 Å². The molecule has 0 unspecified atom stereocenters. The summed E-state index contributed by atoms with van der Waals surface area (Å²) in [6, 6.07) is 5.62. The van der Waals surface area contributed by atoms with Crippen molar-refractivity contribution in [2.24, 2.45) is 5.41 Å². The summed E-state index contributed by atoms with van der Waals surface area (Å²) in [4.78, 5) is 26.2. The molecular weight excluding hydrogens is 284 g/mol. The Balaban J connectivity index is 2.11. The van der Waals surface area contributed by atoms with Gasteiger partial charge in [0, 0.05) is 23.6 Å². The van der Waals surface area contributed by atoms with Crippen LogP contribution in [0.3, 0.4) is 0 Å². The van der Waals surface area contributed by atoms with Crippen LogP contribution in [-0.4, -0.2) is 35.6 Å². The van der Waals surface area contributed by atoms with E-state index in [9.17, 15) is 9.59 Å². The number of hydrogen-bond acceptors (Lipinski definition) is 3. The summed E-state index contributed by atoms with van der Waals surface area (Å²) in [5, 5.41) is 12.6. The van der Waals surface area contributed by atoms with Crippen LogP contribution >= 0.6 is 0 Å². The van der Waals surface area contributed by atoms with Crippen LogP contribution in [0.5, 0.6) is 5.75 Å². The molecule has 1 amide bonds. The Labute approximate surface area is 128 Å². The molecule has 0 aliphatic heterocycles. The van der Waals surface area contributed by atoms with Crippen LogP contribution in [-0.2, 0) is 16.0 Å². The Hall–Kier alpha value is -2.50. The predicted octanol–water partition coefficient (Wildman–Crippen LogP) is 1.95. The van der Waals surface area contributed by atoms with Gasteiger partial charge in [0.15, 0.2) is 0 Å². The van der Waals surface area contributed by atoms with Gasteiger partial charge in [-0.05, 0) is 31.5 Å².